The number of hydrogen-bond acceptors (Lipinski definition) is 4. The smallest absolute Gasteiger partial charge is 0.302 e. The topological polar surface area (TPSA) is 82.3 Å². The molecule has 7 heteroatoms. The van der Waals surface area contributed by atoms with E-state index >= 15 is 0 Å². The first kappa shape index (κ1) is 25.5. The Morgan fingerprint density at radius 1 is 0.895 bits per heavy atom. The molecule has 1 atom stereocenters. The first-order valence-corrected chi connectivity index (χ1v) is 13.2. The molecule has 7 nitrogen and oxygen atoms in total. The summed E-state index contributed by atoms with van der Waals surface area (Å²) in [7, 11) is 1.94. The van der Waals surface area contributed by atoms with E-state index in [9.17, 15) is 14.4 Å². The number of nitrogens with zero attached hydrogens (tertiary/aromatic N) is 2. The van der Waals surface area contributed by atoms with Crippen LogP contribution in [-0.2, 0) is 32.7 Å². The van der Waals surface area contributed by atoms with Gasteiger partial charge in [0.05, 0.1) is 17.8 Å². The summed E-state index contributed by atoms with van der Waals surface area (Å²) in [6, 6.07) is 15.9. The van der Waals surface area contributed by atoms with Crippen LogP contribution in [0.15, 0.2) is 60.9 Å². The second kappa shape index (κ2) is 10.7. The molecule has 0 fully saturated rings. The highest BCUT2D eigenvalue weighted by Crippen LogP contribution is 2.39. The number of carbonyl (C=O) groups excluding carboxylic acids is 3. The number of esters is 1. The average Bonchev–Trinajstić information content (AvgIpc) is 3.53. The van der Waals surface area contributed by atoms with Gasteiger partial charge in [0.2, 0.25) is 0 Å². The van der Waals surface area contributed by atoms with Gasteiger partial charge in [-0.2, -0.15) is 0 Å². The maximum Gasteiger partial charge on any atom is 0.302 e. The maximum absolute atomic E-state index is 13.2. The van der Waals surface area contributed by atoms with Crippen molar-refractivity contribution in [2.45, 2.75) is 46.1 Å². The monoisotopic (exact) mass is 511 g/mol. The van der Waals surface area contributed by atoms with Crippen LogP contribution >= 0.6 is 0 Å². The second-order valence-corrected chi connectivity index (χ2v) is 10.1. The number of aryl methyl sites for hydroxylation is 2. The summed E-state index contributed by atoms with van der Waals surface area (Å²) in [5, 5.41) is 4.40. The van der Waals surface area contributed by atoms with E-state index in [1.807, 2.05) is 72.5 Å². The lowest BCUT2D eigenvalue weighted by atomic mass is 9.95. The fraction of sp³-hybridized carbons (Fsp3) is 0.323. The molecule has 38 heavy (non-hydrogen) atoms. The highest BCUT2D eigenvalue weighted by molar-refractivity contribution is 6.50. The van der Waals surface area contributed by atoms with E-state index in [-0.39, 0.29) is 23.7 Å². The van der Waals surface area contributed by atoms with Crippen molar-refractivity contribution in [2.75, 3.05) is 6.61 Å². The Balaban J connectivity index is 1.57. The average molecular weight is 512 g/mol. The van der Waals surface area contributed by atoms with Gasteiger partial charge in [0.25, 0.3) is 11.8 Å². The predicted octanol–water partition coefficient (Wildman–Crippen LogP) is 5.46. The summed E-state index contributed by atoms with van der Waals surface area (Å²) < 4.78 is 9.48. The van der Waals surface area contributed by atoms with Crippen molar-refractivity contribution in [2.24, 2.45) is 13.0 Å². The maximum atomic E-state index is 13.2. The molecule has 1 unspecified atom stereocenters. The van der Waals surface area contributed by atoms with E-state index in [2.05, 4.69) is 16.8 Å². The van der Waals surface area contributed by atoms with Gasteiger partial charge >= 0.3 is 5.97 Å². The number of rotatable bonds is 10. The number of amides is 2. The summed E-state index contributed by atoms with van der Waals surface area (Å²) in [5.74, 6) is -0.758. The molecule has 2 aromatic heterocycles. The number of aromatic nitrogens is 2. The summed E-state index contributed by atoms with van der Waals surface area (Å²) in [6.45, 7) is 4.72. The number of imide groups is 1. The molecule has 196 valence electrons. The number of ether oxygens (including phenoxy) is 1. The quantitative estimate of drug-likeness (QED) is 0.226. The van der Waals surface area contributed by atoms with Crippen LogP contribution in [0.3, 0.4) is 0 Å². The van der Waals surface area contributed by atoms with Gasteiger partial charge in [-0.05, 0) is 30.9 Å². The zero-order chi connectivity index (χ0) is 26.8. The lowest BCUT2D eigenvalue weighted by Crippen LogP contribution is -2.22. The molecule has 0 aliphatic carbocycles. The first-order valence-electron chi connectivity index (χ1n) is 13.2. The number of benzene rings is 2. The standard InChI is InChI=1S/C31H33N3O4/c1-4-5-10-21(19-38-20(2)35)15-16-34-18-25(23-12-7-9-14-27(23)34)29-28(30(36)32-31(29)37)24-17-33(3)26-13-8-6-11-22(24)26/h6-9,11-14,17-18,21H,4-5,10,15-16,19H2,1-3H3,(H,32,36,37). The van der Waals surface area contributed by atoms with Crippen LogP contribution in [0.1, 0.15) is 50.7 Å². The highest BCUT2D eigenvalue weighted by Gasteiger charge is 2.35. The zero-order valence-corrected chi connectivity index (χ0v) is 22.1. The number of fused-ring (bicyclic) bond motifs is 2. The Kier molecular flexibility index (Phi) is 7.18. The van der Waals surface area contributed by atoms with Crippen LogP contribution in [-0.4, -0.2) is 33.5 Å². The third kappa shape index (κ3) is 4.76. The summed E-state index contributed by atoms with van der Waals surface area (Å²) >= 11 is 0. The van der Waals surface area contributed by atoms with Crippen molar-refractivity contribution in [1.29, 1.82) is 0 Å². The van der Waals surface area contributed by atoms with Crippen molar-refractivity contribution in [3.05, 3.63) is 72.1 Å². The molecular weight excluding hydrogens is 478 g/mol. The highest BCUT2D eigenvalue weighted by atomic mass is 16.5. The lowest BCUT2D eigenvalue weighted by Gasteiger charge is -2.17. The van der Waals surface area contributed by atoms with Crippen LogP contribution < -0.4 is 5.32 Å². The molecule has 0 saturated carbocycles. The van der Waals surface area contributed by atoms with Gasteiger partial charge in [-0.25, -0.2) is 0 Å². The molecule has 4 aromatic rings. The van der Waals surface area contributed by atoms with Gasteiger partial charge in [0, 0.05) is 65.8 Å². The van der Waals surface area contributed by atoms with Crippen molar-refractivity contribution in [3.63, 3.8) is 0 Å². The van der Waals surface area contributed by atoms with Gasteiger partial charge in [-0.15, -0.1) is 0 Å². The van der Waals surface area contributed by atoms with E-state index in [0.717, 1.165) is 58.6 Å². The second-order valence-electron chi connectivity index (χ2n) is 10.1. The largest absolute Gasteiger partial charge is 0.466 e. The third-order valence-electron chi connectivity index (χ3n) is 7.42. The molecule has 0 spiro atoms. The number of para-hydroxylation sites is 2. The van der Waals surface area contributed by atoms with E-state index in [1.54, 1.807) is 0 Å². The Hall–Kier alpha value is -4.13. The molecule has 3 heterocycles. The Labute approximate surface area is 222 Å². The molecule has 0 bridgehead atoms. The Morgan fingerprint density at radius 2 is 1.50 bits per heavy atom. The van der Waals surface area contributed by atoms with Crippen LogP contribution in [0.25, 0.3) is 33.0 Å². The van der Waals surface area contributed by atoms with E-state index in [1.165, 1.54) is 6.92 Å². The molecule has 1 aliphatic heterocycles. The summed E-state index contributed by atoms with van der Waals surface area (Å²) in [5.41, 5.74) is 4.31. The molecule has 5 rings (SSSR count). The van der Waals surface area contributed by atoms with Crippen molar-refractivity contribution < 1.29 is 19.1 Å². The van der Waals surface area contributed by atoms with E-state index in [4.69, 9.17) is 4.74 Å². The van der Waals surface area contributed by atoms with Gasteiger partial charge in [-0.3, -0.25) is 19.7 Å². The Morgan fingerprint density at radius 3 is 2.16 bits per heavy atom. The lowest BCUT2D eigenvalue weighted by molar-refractivity contribution is -0.142. The summed E-state index contributed by atoms with van der Waals surface area (Å²) in [4.78, 5) is 37.8. The number of hydrogen-bond donors (Lipinski definition) is 1. The molecule has 2 amide bonds. The van der Waals surface area contributed by atoms with Crippen LogP contribution in [0, 0.1) is 5.92 Å². The van der Waals surface area contributed by atoms with Crippen molar-refractivity contribution >= 4 is 50.7 Å². The molecule has 0 radical (unpaired) electrons. The minimum Gasteiger partial charge on any atom is -0.466 e. The van der Waals surface area contributed by atoms with Crippen LogP contribution in [0.2, 0.25) is 0 Å². The number of carbonyl (C=O) groups is 3. The molecule has 2 aromatic carbocycles. The molecule has 1 N–H and O–H groups in total. The van der Waals surface area contributed by atoms with Gasteiger partial charge in [0.1, 0.15) is 0 Å². The van der Waals surface area contributed by atoms with E-state index in [0.29, 0.717) is 24.3 Å². The minimum absolute atomic E-state index is 0.255. The van der Waals surface area contributed by atoms with Crippen LogP contribution in [0.4, 0.5) is 0 Å². The van der Waals surface area contributed by atoms with Crippen molar-refractivity contribution in [3.8, 4) is 0 Å². The van der Waals surface area contributed by atoms with Gasteiger partial charge < -0.3 is 13.9 Å². The fourth-order valence-electron chi connectivity index (χ4n) is 5.50. The Bertz CT molecular complexity index is 1570. The summed E-state index contributed by atoms with van der Waals surface area (Å²) in [6.07, 6.45) is 7.90. The normalized spacial score (nSPS) is 14.5. The number of unbranched alkanes of at least 4 members (excludes halogenated alkanes) is 1. The minimum atomic E-state index is -0.378. The van der Waals surface area contributed by atoms with Crippen molar-refractivity contribution in [1.82, 2.24) is 14.5 Å². The van der Waals surface area contributed by atoms with Gasteiger partial charge in [-0.1, -0.05) is 56.2 Å². The zero-order valence-electron chi connectivity index (χ0n) is 22.1. The first-order chi connectivity index (χ1) is 18.4. The molecule has 0 saturated heterocycles. The number of nitrogens with one attached hydrogen (secondary N) is 1. The van der Waals surface area contributed by atoms with E-state index < -0.39 is 0 Å². The SMILES string of the molecule is CCCCC(CCn1cc(C2=C(c3cn(C)c4ccccc34)C(=O)NC2=O)c2ccccc21)COC(C)=O. The fourth-order valence-corrected chi connectivity index (χ4v) is 5.50. The van der Waals surface area contributed by atoms with Crippen LogP contribution in [0.5, 0.6) is 0 Å². The molecule has 1 aliphatic rings. The molecular formula is C31H33N3O4. The predicted molar refractivity (Wildman–Crippen MR) is 149 cm³/mol. The van der Waals surface area contributed by atoms with Gasteiger partial charge in [0.15, 0.2) is 0 Å². The third-order valence-corrected chi connectivity index (χ3v) is 7.42.